The summed E-state index contributed by atoms with van der Waals surface area (Å²) in [7, 11) is -0.184. The zero-order valence-corrected chi connectivity index (χ0v) is 24.9. The third kappa shape index (κ3) is 8.62. The number of methoxy groups -OCH3 is 1. The maximum absolute atomic E-state index is 11.5. The van der Waals surface area contributed by atoms with Crippen LogP contribution in [0.15, 0.2) is 108 Å². The van der Waals surface area contributed by atoms with Gasteiger partial charge in [-0.3, -0.25) is 0 Å². The molecule has 1 N–H and O–H groups in total. The van der Waals surface area contributed by atoms with Crippen LogP contribution < -0.4 is 0 Å². The Bertz CT molecular complexity index is 1140. The lowest BCUT2D eigenvalue weighted by Gasteiger charge is -2.44. The van der Waals surface area contributed by atoms with Gasteiger partial charge in [0.15, 0.2) is 6.29 Å². The van der Waals surface area contributed by atoms with Crippen molar-refractivity contribution in [2.75, 3.05) is 12.5 Å². The monoisotopic (exact) mass is 564 g/mol. The highest BCUT2D eigenvalue weighted by Gasteiger charge is 2.46. The third-order valence-corrected chi connectivity index (χ3v) is 12.7. The van der Waals surface area contributed by atoms with E-state index in [0.29, 0.717) is 24.8 Å². The number of aliphatic hydroxyl groups excluding tert-OH is 1. The second-order valence-electron chi connectivity index (χ2n) is 10.8. The molecule has 0 aliphatic carbocycles. The first-order valence-electron chi connectivity index (χ1n) is 13.4. The van der Waals surface area contributed by atoms with E-state index in [1.807, 2.05) is 78.5 Å². The van der Waals surface area contributed by atoms with E-state index < -0.39 is 38.8 Å². The topological polar surface area (TPSA) is 57.2 Å². The van der Waals surface area contributed by atoms with Crippen LogP contribution >= 0.6 is 11.8 Å². The first-order chi connectivity index (χ1) is 18.9. The zero-order chi connectivity index (χ0) is 27.7. The summed E-state index contributed by atoms with van der Waals surface area (Å²) in [6.45, 7) is 9.76. The third-order valence-electron chi connectivity index (χ3n) is 6.85. The Balaban J connectivity index is 1.47. The maximum atomic E-state index is 11.5. The van der Waals surface area contributed by atoms with Gasteiger partial charge in [-0.25, -0.2) is 0 Å². The first-order valence-corrected chi connectivity index (χ1v) is 17.8. The molecule has 1 aliphatic rings. The standard InChI is InChI=1S/C32H40O5SSi/c1-24-29(28(33)22-39(3,4)23-38-27-18-12-7-13-19-27)37-32(34-2)31(36-21-26-16-10-6-11-17-26)30(24)35-20-25-14-8-5-9-15-25/h5-19,28-33H,1,20-23H2,2-4H3/t28-,29-,30-,31+,32-/m0/s1. The van der Waals surface area contributed by atoms with E-state index in [-0.39, 0.29) is 0 Å². The fraction of sp³-hybridized carbons (Fsp3) is 0.375. The zero-order valence-electron chi connectivity index (χ0n) is 23.1. The van der Waals surface area contributed by atoms with Gasteiger partial charge in [-0.05, 0) is 40.3 Å². The fourth-order valence-corrected chi connectivity index (χ4v) is 9.17. The smallest absolute Gasteiger partial charge is 0.187 e. The van der Waals surface area contributed by atoms with Crippen molar-refractivity contribution in [1.29, 1.82) is 0 Å². The summed E-state index contributed by atoms with van der Waals surface area (Å²) >= 11 is 1.85. The minimum Gasteiger partial charge on any atom is -0.390 e. The van der Waals surface area contributed by atoms with Crippen LogP contribution in [-0.2, 0) is 32.2 Å². The van der Waals surface area contributed by atoms with Gasteiger partial charge in [0.25, 0.3) is 0 Å². The molecular weight excluding hydrogens is 525 g/mol. The van der Waals surface area contributed by atoms with Gasteiger partial charge in [-0.1, -0.05) is 98.5 Å². The fourth-order valence-electron chi connectivity index (χ4n) is 4.77. The molecule has 5 atom stereocenters. The molecule has 0 spiro atoms. The lowest BCUT2D eigenvalue weighted by atomic mass is 9.93. The molecule has 4 rings (SSSR count). The molecule has 0 radical (unpaired) electrons. The van der Waals surface area contributed by atoms with Crippen molar-refractivity contribution in [2.24, 2.45) is 0 Å². The molecule has 3 aromatic rings. The van der Waals surface area contributed by atoms with E-state index in [1.54, 1.807) is 7.11 Å². The van der Waals surface area contributed by atoms with E-state index in [0.717, 1.165) is 16.5 Å². The van der Waals surface area contributed by atoms with Gasteiger partial charge in [0, 0.05) is 12.0 Å². The van der Waals surface area contributed by atoms with Crippen molar-refractivity contribution in [2.45, 2.75) is 68.0 Å². The minimum absolute atomic E-state index is 0.386. The highest BCUT2D eigenvalue weighted by Crippen LogP contribution is 2.35. The lowest BCUT2D eigenvalue weighted by molar-refractivity contribution is -0.269. The van der Waals surface area contributed by atoms with Gasteiger partial charge in [-0.2, -0.15) is 0 Å². The Kier molecular flexibility index (Phi) is 11.0. The highest BCUT2D eigenvalue weighted by atomic mass is 32.2. The number of hydrogen-bond acceptors (Lipinski definition) is 6. The Labute approximate surface area is 238 Å². The van der Waals surface area contributed by atoms with Crippen LogP contribution in [0.25, 0.3) is 0 Å². The average molecular weight is 565 g/mol. The van der Waals surface area contributed by atoms with Gasteiger partial charge in [-0.15, -0.1) is 11.8 Å². The largest absolute Gasteiger partial charge is 0.390 e. The number of thioether (sulfide) groups is 1. The molecular formula is C32H40O5SSi. The van der Waals surface area contributed by atoms with Crippen molar-refractivity contribution >= 4 is 19.8 Å². The summed E-state index contributed by atoms with van der Waals surface area (Å²) in [6, 6.07) is 31.1. The highest BCUT2D eigenvalue weighted by molar-refractivity contribution is 8.01. The predicted octanol–water partition coefficient (Wildman–Crippen LogP) is 6.49. The molecule has 0 bridgehead atoms. The second-order valence-corrected chi connectivity index (χ2v) is 17.4. The summed E-state index contributed by atoms with van der Waals surface area (Å²) < 4.78 is 24.9. The van der Waals surface area contributed by atoms with Gasteiger partial charge >= 0.3 is 0 Å². The van der Waals surface area contributed by atoms with Crippen LogP contribution in [-0.4, -0.2) is 56.4 Å². The van der Waals surface area contributed by atoms with Crippen LogP contribution in [0.2, 0.25) is 19.1 Å². The van der Waals surface area contributed by atoms with Crippen molar-refractivity contribution in [3.63, 3.8) is 0 Å². The van der Waals surface area contributed by atoms with E-state index in [2.05, 4.69) is 43.9 Å². The lowest BCUT2D eigenvalue weighted by Crippen LogP contribution is -2.56. The van der Waals surface area contributed by atoms with Crippen molar-refractivity contribution in [3.8, 4) is 0 Å². The molecule has 0 amide bonds. The van der Waals surface area contributed by atoms with Crippen LogP contribution in [0.3, 0.4) is 0 Å². The van der Waals surface area contributed by atoms with Crippen molar-refractivity contribution < 1.29 is 24.1 Å². The van der Waals surface area contributed by atoms with E-state index >= 15 is 0 Å². The molecule has 1 heterocycles. The quantitative estimate of drug-likeness (QED) is 0.146. The Morgan fingerprint density at radius 1 is 0.872 bits per heavy atom. The van der Waals surface area contributed by atoms with E-state index in [4.69, 9.17) is 18.9 Å². The second kappa shape index (κ2) is 14.4. The molecule has 3 aromatic carbocycles. The van der Waals surface area contributed by atoms with Crippen LogP contribution in [0.4, 0.5) is 0 Å². The van der Waals surface area contributed by atoms with Crippen LogP contribution in [0.1, 0.15) is 11.1 Å². The molecule has 1 fully saturated rings. The van der Waals surface area contributed by atoms with E-state index in [9.17, 15) is 5.11 Å². The van der Waals surface area contributed by atoms with Crippen molar-refractivity contribution in [3.05, 3.63) is 114 Å². The maximum Gasteiger partial charge on any atom is 0.187 e. The van der Waals surface area contributed by atoms with E-state index in [1.165, 1.54) is 4.90 Å². The summed E-state index contributed by atoms with van der Waals surface area (Å²) in [4.78, 5) is 1.25. The first kappa shape index (κ1) is 29.7. The molecule has 1 aliphatic heterocycles. The van der Waals surface area contributed by atoms with Gasteiger partial charge in [0.1, 0.15) is 18.3 Å². The summed E-state index contributed by atoms with van der Waals surface area (Å²) in [5.74, 6) is 0. The van der Waals surface area contributed by atoms with Crippen molar-refractivity contribution in [1.82, 2.24) is 0 Å². The molecule has 7 heteroatoms. The SMILES string of the molecule is C=C1[C@H](OCc2ccccc2)[C@@H](OCc2ccccc2)[C@@H](OC)O[C@@H]1[C@@H](O)C[Si](C)(C)CSc1ccccc1. The van der Waals surface area contributed by atoms with Gasteiger partial charge < -0.3 is 24.1 Å². The molecule has 0 aromatic heterocycles. The number of ether oxygens (including phenoxy) is 4. The summed E-state index contributed by atoms with van der Waals surface area (Å²) in [5, 5.41) is 12.5. The minimum atomic E-state index is -1.79. The number of aliphatic hydroxyl groups is 1. The van der Waals surface area contributed by atoms with Gasteiger partial charge in [0.2, 0.25) is 0 Å². The molecule has 1 saturated heterocycles. The Morgan fingerprint density at radius 2 is 1.41 bits per heavy atom. The molecule has 208 valence electrons. The number of rotatable bonds is 13. The molecule has 0 unspecified atom stereocenters. The molecule has 39 heavy (non-hydrogen) atoms. The molecule has 5 nitrogen and oxygen atoms in total. The Morgan fingerprint density at radius 3 is 1.97 bits per heavy atom. The average Bonchev–Trinajstić information content (AvgIpc) is 2.96. The number of benzene rings is 3. The predicted molar refractivity (Wildman–Crippen MR) is 160 cm³/mol. The Hall–Kier alpha value is -2.23. The normalized spacial score (nSPS) is 22.5. The van der Waals surface area contributed by atoms with Crippen LogP contribution in [0, 0.1) is 0 Å². The number of hydrogen-bond donors (Lipinski definition) is 1. The molecule has 0 saturated carbocycles. The van der Waals surface area contributed by atoms with Gasteiger partial charge in [0.05, 0.1) is 27.4 Å². The summed E-state index contributed by atoms with van der Waals surface area (Å²) in [5.41, 5.74) is 2.78. The summed E-state index contributed by atoms with van der Waals surface area (Å²) in [6.07, 6.45) is -3.07. The van der Waals surface area contributed by atoms with Crippen LogP contribution in [0.5, 0.6) is 0 Å².